The van der Waals surface area contributed by atoms with Crippen LogP contribution >= 0.6 is 0 Å². The van der Waals surface area contributed by atoms with Crippen molar-refractivity contribution in [2.45, 2.75) is 25.7 Å². The topological polar surface area (TPSA) is 47.6 Å². The molecule has 2 aromatic rings. The van der Waals surface area contributed by atoms with Gasteiger partial charge >= 0.3 is 5.97 Å². The SMILES string of the molecule is O=C(OCCCOc1ccc(Cc2ccccc2)cc1)C1CCNCC1. The lowest BCUT2D eigenvalue weighted by Crippen LogP contribution is -2.32. The summed E-state index contributed by atoms with van der Waals surface area (Å²) < 4.78 is 11.1. The predicted molar refractivity (Wildman–Crippen MR) is 102 cm³/mol. The van der Waals surface area contributed by atoms with Crippen LogP contribution in [0.1, 0.15) is 30.4 Å². The standard InChI is InChI=1S/C22H27NO3/c24-22(20-11-13-23-14-12-20)26-16-4-15-25-21-9-7-19(8-10-21)17-18-5-2-1-3-6-18/h1-3,5-10,20,23H,4,11-17H2. The molecule has 0 saturated carbocycles. The minimum atomic E-state index is -0.0586. The highest BCUT2D eigenvalue weighted by Gasteiger charge is 2.21. The molecule has 2 aromatic carbocycles. The van der Waals surface area contributed by atoms with Gasteiger partial charge in [-0.05, 0) is 55.6 Å². The molecule has 4 nitrogen and oxygen atoms in total. The first-order valence-electron chi connectivity index (χ1n) is 9.44. The summed E-state index contributed by atoms with van der Waals surface area (Å²) in [5.74, 6) is 0.859. The van der Waals surface area contributed by atoms with Gasteiger partial charge in [0.2, 0.25) is 0 Å². The molecule has 26 heavy (non-hydrogen) atoms. The fourth-order valence-corrected chi connectivity index (χ4v) is 3.13. The van der Waals surface area contributed by atoms with Gasteiger partial charge in [-0.25, -0.2) is 0 Å². The van der Waals surface area contributed by atoms with E-state index in [1.165, 1.54) is 11.1 Å². The Morgan fingerprint density at radius 3 is 2.35 bits per heavy atom. The second kappa shape index (κ2) is 9.97. The third kappa shape index (κ3) is 5.88. The highest BCUT2D eigenvalue weighted by molar-refractivity contribution is 5.72. The van der Waals surface area contributed by atoms with Crippen LogP contribution in [0.5, 0.6) is 5.75 Å². The van der Waals surface area contributed by atoms with Crippen molar-refractivity contribution in [1.82, 2.24) is 5.32 Å². The second-order valence-corrected chi connectivity index (χ2v) is 6.70. The first-order valence-corrected chi connectivity index (χ1v) is 9.44. The van der Waals surface area contributed by atoms with Gasteiger partial charge in [-0.15, -0.1) is 0 Å². The van der Waals surface area contributed by atoms with Gasteiger partial charge in [0, 0.05) is 6.42 Å². The molecule has 1 fully saturated rings. The van der Waals surface area contributed by atoms with Crippen molar-refractivity contribution in [3.05, 3.63) is 65.7 Å². The number of hydrogen-bond acceptors (Lipinski definition) is 4. The molecule has 3 rings (SSSR count). The lowest BCUT2D eigenvalue weighted by Gasteiger charge is -2.20. The minimum Gasteiger partial charge on any atom is -0.493 e. The van der Waals surface area contributed by atoms with Crippen molar-refractivity contribution in [2.24, 2.45) is 5.92 Å². The Hall–Kier alpha value is -2.33. The number of piperidine rings is 1. The van der Waals surface area contributed by atoms with E-state index in [0.29, 0.717) is 19.6 Å². The van der Waals surface area contributed by atoms with Gasteiger partial charge in [-0.2, -0.15) is 0 Å². The molecular formula is C22H27NO3. The van der Waals surface area contributed by atoms with Crippen LogP contribution in [0.15, 0.2) is 54.6 Å². The van der Waals surface area contributed by atoms with Crippen LogP contribution < -0.4 is 10.1 Å². The third-order valence-electron chi connectivity index (χ3n) is 4.65. The van der Waals surface area contributed by atoms with E-state index in [0.717, 1.165) is 38.1 Å². The van der Waals surface area contributed by atoms with E-state index in [9.17, 15) is 4.79 Å². The van der Waals surface area contributed by atoms with Gasteiger partial charge in [0.25, 0.3) is 0 Å². The molecule has 0 amide bonds. The number of ether oxygens (including phenoxy) is 2. The summed E-state index contributed by atoms with van der Waals surface area (Å²) in [6.45, 7) is 2.79. The summed E-state index contributed by atoms with van der Waals surface area (Å²) in [6.07, 6.45) is 3.39. The van der Waals surface area contributed by atoms with Gasteiger partial charge in [0.05, 0.1) is 19.1 Å². The summed E-state index contributed by atoms with van der Waals surface area (Å²) in [7, 11) is 0. The highest BCUT2D eigenvalue weighted by Crippen LogP contribution is 2.16. The van der Waals surface area contributed by atoms with Crippen LogP contribution in [0.2, 0.25) is 0 Å². The number of benzene rings is 2. The van der Waals surface area contributed by atoms with E-state index < -0.39 is 0 Å². The Morgan fingerprint density at radius 1 is 0.923 bits per heavy atom. The number of rotatable bonds is 8. The van der Waals surface area contributed by atoms with Gasteiger partial charge in [-0.1, -0.05) is 42.5 Å². The van der Waals surface area contributed by atoms with Crippen molar-refractivity contribution < 1.29 is 14.3 Å². The molecule has 0 bridgehead atoms. The van der Waals surface area contributed by atoms with Crippen molar-refractivity contribution >= 4 is 5.97 Å². The molecule has 4 heteroatoms. The van der Waals surface area contributed by atoms with Crippen LogP contribution in [-0.2, 0) is 16.0 Å². The number of carbonyl (C=O) groups is 1. The number of esters is 1. The van der Waals surface area contributed by atoms with E-state index in [1.54, 1.807) is 0 Å². The second-order valence-electron chi connectivity index (χ2n) is 6.70. The lowest BCUT2D eigenvalue weighted by molar-refractivity contribution is -0.149. The summed E-state index contributed by atoms with van der Waals surface area (Å²) in [5, 5.41) is 3.25. The Morgan fingerprint density at radius 2 is 1.62 bits per heavy atom. The van der Waals surface area contributed by atoms with E-state index >= 15 is 0 Å². The van der Waals surface area contributed by atoms with Crippen LogP contribution in [-0.4, -0.2) is 32.3 Å². The maximum atomic E-state index is 11.9. The van der Waals surface area contributed by atoms with E-state index in [2.05, 4.69) is 41.7 Å². The Balaban J connectivity index is 1.33. The van der Waals surface area contributed by atoms with Crippen LogP contribution in [0.25, 0.3) is 0 Å². The van der Waals surface area contributed by atoms with Gasteiger partial charge in [-0.3, -0.25) is 4.79 Å². The summed E-state index contributed by atoms with van der Waals surface area (Å²) in [5.41, 5.74) is 2.57. The average Bonchev–Trinajstić information content (AvgIpc) is 2.70. The normalized spacial score (nSPS) is 14.8. The summed E-state index contributed by atoms with van der Waals surface area (Å²) >= 11 is 0. The molecule has 0 aromatic heterocycles. The molecule has 0 unspecified atom stereocenters. The molecule has 138 valence electrons. The van der Waals surface area contributed by atoms with Crippen molar-refractivity contribution in [2.75, 3.05) is 26.3 Å². The maximum absolute atomic E-state index is 11.9. The summed E-state index contributed by atoms with van der Waals surface area (Å²) in [4.78, 5) is 11.9. The summed E-state index contributed by atoms with van der Waals surface area (Å²) in [6, 6.07) is 18.6. The Kier molecular flexibility index (Phi) is 7.08. The number of nitrogens with one attached hydrogen (secondary N) is 1. The zero-order chi connectivity index (χ0) is 18.0. The molecule has 1 aliphatic heterocycles. The monoisotopic (exact) mass is 353 g/mol. The molecule has 0 aliphatic carbocycles. The average molecular weight is 353 g/mol. The quantitative estimate of drug-likeness (QED) is 0.582. The fourth-order valence-electron chi connectivity index (χ4n) is 3.13. The molecule has 0 spiro atoms. The molecule has 0 radical (unpaired) electrons. The van der Waals surface area contributed by atoms with Gasteiger partial charge in [0.1, 0.15) is 5.75 Å². The van der Waals surface area contributed by atoms with E-state index in [1.807, 2.05) is 18.2 Å². The Bertz CT molecular complexity index is 664. The largest absolute Gasteiger partial charge is 0.493 e. The van der Waals surface area contributed by atoms with Gasteiger partial charge in [0.15, 0.2) is 0 Å². The zero-order valence-corrected chi connectivity index (χ0v) is 15.2. The Labute approximate surface area is 155 Å². The molecule has 1 aliphatic rings. The lowest BCUT2D eigenvalue weighted by atomic mass is 9.99. The maximum Gasteiger partial charge on any atom is 0.309 e. The van der Waals surface area contributed by atoms with Crippen LogP contribution in [0.3, 0.4) is 0 Å². The molecule has 0 atom stereocenters. The highest BCUT2D eigenvalue weighted by atomic mass is 16.5. The van der Waals surface area contributed by atoms with Crippen molar-refractivity contribution in [1.29, 1.82) is 0 Å². The molecule has 1 N–H and O–H groups in total. The first kappa shape index (κ1) is 18.5. The van der Waals surface area contributed by atoms with Gasteiger partial charge < -0.3 is 14.8 Å². The molecular weight excluding hydrogens is 326 g/mol. The van der Waals surface area contributed by atoms with Crippen molar-refractivity contribution in [3.8, 4) is 5.75 Å². The van der Waals surface area contributed by atoms with E-state index in [-0.39, 0.29) is 11.9 Å². The molecule has 1 saturated heterocycles. The smallest absolute Gasteiger partial charge is 0.309 e. The molecule has 1 heterocycles. The third-order valence-corrected chi connectivity index (χ3v) is 4.65. The van der Waals surface area contributed by atoms with Crippen molar-refractivity contribution in [3.63, 3.8) is 0 Å². The number of carbonyl (C=O) groups excluding carboxylic acids is 1. The predicted octanol–water partition coefficient (Wildman–Crippen LogP) is 3.59. The van der Waals surface area contributed by atoms with E-state index in [4.69, 9.17) is 9.47 Å². The minimum absolute atomic E-state index is 0.0586. The fraction of sp³-hybridized carbons (Fsp3) is 0.409. The first-order chi connectivity index (χ1) is 12.8. The number of hydrogen-bond donors (Lipinski definition) is 1. The van der Waals surface area contributed by atoms with Crippen LogP contribution in [0, 0.1) is 5.92 Å². The van der Waals surface area contributed by atoms with Crippen LogP contribution in [0.4, 0.5) is 0 Å². The zero-order valence-electron chi connectivity index (χ0n) is 15.2.